The molecule has 1 saturated heterocycles. The summed E-state index contributed by atoms with van der Waals surface area (Å²) in [6.07, 6.45) is 3.14. The molecular weight excluding hydrogens is 264 g/mol. The van der Waals surface area contributed by atoms with E-state index in [4.69, 9.17) is 0 Å². The number of hydrogen-bond donors (Lipinski definition) is 1. The fourth-order valence-corrected chi connectivity index (χ4v) is 3.04. The van der Waals surface area contributed by atoms with E-state index in [0.29, 0.717) is 19.0 Å². The molecule has 0 radical (unpaired) electrons. The molecule has 1 aliphatic rings. The Labute approximate surface area is 124 Å². The molecule has 1 unspecified atom stereocenters. The molecule has 2 aromatic rings. The Kier molecular flexibility index (Phi) is 3.88. The van der Waals surface area contributed by atoms with Crippen LogP contribution >= 0.6 is 0 Å². The summed E-state index contributed by atoms with van der Waals surface area (Å²) < 4.78 is 0. The molecule has 2 heterocycles. The second-order valence-corrected chi connectivity index (χ2v) is 5.75. The summed E-state index contributed by atoms with van der Waals surface area (Å²) in [6.45, 7) is 3.26. The van der Waals surface area contributed by atoms with Gasteiger partial charge in [0.05, 0.1) is 17.2 Å². The van der Waals surface area contributed by atoms with Gasteiger partial charge in [0.15, 0.2) is 0 Å². The number of pyridine rings is 1. The van der Waals surface area contributed by atoms with Crippen LogP contribution in [0.25, 0.3) is 10.9 Å². The standard InChI is InChI=1S/C17H20N2O2/c1-12(20)13-7-10-19(11-8-13)17(21)15-6-9-18-16-5-3-2-4-14(15)16/h2-6,9,12-13,20H,7-8,10-11H2,1H3. The number of piperidine rings is 1. The molecular formula is C17H20N2O2. The third-order valence-corrected chi connectivity index (χ3v) is 4.39. The van der Waals surface area contributed by atoms with Gasteiger partial charge in [-0.05, 0) is 37.8 Å². The molecule has 1 aromatic heterocycles. The summed E-state index contributed by atoms with van der Waals surface area (Å²) in [5.74, 6) is 0.376. The van der Waals surface area contributed by atoms with Crippen molar-refractivity contribution in [2.75, 3.05) is 13.1 Å². The van der Waals surface area contributed by atoms with E-state index in [1.54, 1.807) is 12.3 Å². The van der Waals surface area contributed by atoms with Gasteiger partial charge in [0.1, 0.15) is 0 Å². The van der Waals surface area contributed by atoms with Crippen molar-refractivity contribution in [1.29, 1.82) is 0 Å². The molecule has 4 heteroatoms. The highest BCUT2D eigenvalue weighted by Gasteiger charge is 2.26. The molecule has 4 nitrogen and oxygen atoms in total. The molecule has 1 atom stereocenters. The number of fused-ring (bicyclic) bond motifs is 1. The molecule has 0 bridgehead atoms. The number of aliphatic hydroxyl groups excluding tert-OH is 1. The Morgan fingerprint density at radius 1 is 1.29 bits per heavy atom. The average Bonchev–Trinajstić information content (AvgIpc) is 2.53. The Morgan fingerprint density at radius 2 is 2.00 bits per heavy atom. The first-order valence-electron chi connectivity index (χ1n) is 7.48. The van der Waals surface area contributed by atoms with Gasteiger partial charge in [-0.3, -0.25) is 9.78 Å². The SMILES string of the molecule is CC(O)C1CCN(C(=O)c2ccnc3ccccc23)CC1. The number of para-hydroxylation sites is 1. The van der Waals surface area contributed by atoms with Crippen LogP contribution in [0.1, 0.15) is 30.1 Å². The van der Waals surface area contributed by atoms with Crippen molar-refractivity contribution in [2.45, 2.75) is 25.9 Å². The summed E-state index contributed by atoms with van der Waals surface area (Å²) in [5.41, 5.74) is 1.57. The quantitative estimate of drug-likeness (QED) is 0.921. The maximum Gasteiger partial charge on any atom is 0.254 e. The first-order valence-corrected chi connectivity index (χ1v) is 7.48. The van der Waals surface area contributed by atoms with Gasteiger partial charge >= 0.3 is 0 Å². The van der Waals surface area contributed by atoms with Gasteiger partial charge in [0, 0.05) is 24.7 Å². The van der Waals surface area contributed by atoms with Crippen molar-refractivity contribution in [3.05, 3.63) is 42.1 Å². The highest BCUT2D eigenvalue weighted by molar-refractivity contribution is 6.05. The number of benzene rings is 1. The minimum Gasteiger partial charge on any atom is -0.393 e. The topological polar surface area (TPSA) is 53.4 Å². The monoisotopic (exact) mass is 284 g/mol. The summed E-state index contributed by atoms with van der Waals surface area (Å²) in [5, 5.41) is 10.6. The summed E-state index contributed by atoms with van der Waals surface area (Å²) in [7, 11) is 0. The Bertz CT molecular complexity index is 641. The predicted molar refractivity (Wildman–Crippen MR) is 82.1 cm³/mol. The molecule has 3 rings (SSSR count). The lowest BCUT2D eigenvalue weighted by molar-refractivity contribution is 0.0523. The number of carbonyl (C=O) groups is 1. The number of aliphatic hydroxyl groups is 1. The van der Waals surface area contributed by atoms with Crippen LogP contribution in [0.5, 0.6) is 0 Å². The fourth-order valence-electron chi connectivity index (χ4n) is 3.04. The van der Waals surface area contributed by atoms with E-state index >= 15 is 0 Å². The summed E-state index contributed by atoms with van der Waals surface area (Å²) in [4.78, 5) is 18.9. The zero-order chi connectivity index (χ0) is 14.8. The zero-order valence-corrected chi connectivity index (χ0v) is 12.2. The zero-order valence-electron chi connectivity index (χ0n) is 12.2. The Hall–Kier alpha value is -1.94. The van der Waals surface area contributed by atoms with Crippen LogP contribution < -0.4 is 0 Å². The van der Waals surface area contributed by atoms with E-state index < -0.39 is 0 Å². The van der Waals surface area contributed by atoms with Crippen LogP contribution in [0.3, 0.4) is 0 Å². The first kappa shape index (κ1) is 14.0. The Balaban J connectivity index is 1.82. The highest BCUT2D eigenvalue weighted by Crippen LogP contribution is 2.24. The van der Waals surface area contributed by atoms with Crippen molar-refractivity contribution in [3.63, 3.8) is 0 Å². The van der Waals surface area contributed by atoms with Crippen molar-refractivity contribution >= 4 is 16.8 Å². The van der Waals surface area contributed by atoms with E-state index in [2.05, 4.69) is 4.98 Å². The number of aromatic nitrogens is 1. The number of likely N-dealkylation sites (tertiary alicyclic amines) is 1. The summed E-state index contributed by atoms with van der Waals surface area (Å²) in [6, 6.07) is 9.52. The minimum absolute atomic E-state index is 0.0673. The van der Waals surface area contributed by atoms with Crippen LogP contribution in [0.4, 0.5) is 0 Å². The van der Waals surface area contributed by atoms with Crippen molar-refractivity contribution < 1.29 is 9.90 Å². The third-order valence-electron chi connectivity index (χ3n) is 4.39. The van der Waals surface area contributed by atoms with Gasteiger partial charge in [-0.15, -0.1) is 0 Å². The van der Waals surface area contributed by atoms with E-state index in [1.165, 1.54) is 0 Å². The minimum atomic E-state index is -0.288. The highest BCUT2D eigenvalue weighted by atomic mass is 16.3. The molecule has 1 fully saturated rings. The largest absolute Gasteiger partial charge is 0.393 e. The lowest BCUT2D eigenvalue weighted by atomic mass is 9.92. The number of carbonyl (C=O) groups excluding carboxylic acids is 1. The van der Waals surface area contributed by atoms with E-state index in [-0.39, 0.29) is 12.0 Å². The molecule has 1 aliphatic heterocycles. The maximum absolute atomic E-state index is 12.7. The third kappa shape index (κ3) is 2.76. The van der Waals surface area contributed by atoms with Gasteiger partial charge in [0.2, 0.25) is 0 Å². The van der Waals surface area contributed by atoms with Crippen molar-refractivity contribution in [1.82, 2.24) is 9.88 Å². The molecule has 1 N–H and O–H groups in total. The molecule has 110 valence electrons. The van der Waals surface area contributed by atoms with E-state index in [9.17, 15) is 9.90 Å². The van der Waals surface area contributed by atoms with Gasteiger partial charge in [-0.1, -0.05) is 18.2 Å². The van der Waals surface area contributed by atoms with Crippen molar-refractivity contribution in [2.24, 2.45) is 5.92 Å². The lowest BCUT2D eigenvalue weighted by Gasteiger charge is -2.33. The average molecular weight is 284 g/mol. The molecule has 1 aromatic carbocycles. The van der Waals surface area contributed by atoms with Gasteiger partial charge < -0.3 is 10.0 Å². The molecule has 0 aliphatic carbocycles. The molecule has 0 saturated carbocycles. The second-order valence-electron chi connectivity index (χ2n) is 5.75. The second kappa shape index (κ2) is 5.82. The molecule has 21 heavy (non-hydrogen) atoms. The first-order chi connectivity index (χ1) is 10.2. The van der Waals surface area contributed by atoms with Gasteiger partial charge in [-0.25, -0.2) is 0 Å². The van der Waals surface area contributed by atoms with Gasteiger partial charge in [0.25, 0.3) is 5.91 Å². The van der Waals surface area contributed by atoms with E-state index in [0.717, 1.165) is 29.3 Å². The van der Waals surface area contributed by atoms with Gasteiger partial charge in [-0.2, -0.15) is 0 Å². The van der Waals surface area contributed by atoms with Crippen LogP contribution in [0.2, 0.25) is 0 Å². The normalized spacial score (nSPS) is 17.9. The smallest absolute Gasteiger partial charge is 0.254 e. The van der Waals surface area contributed by atoms with E-state index in [1.807, 2.05) is 36.1 Å². The number of rotatable bonds is 2. The Morgan fingerprint density at radius 3 is 2.71 bits per heavy atom. The van der Waals surface area contributed by atoms with Crippen LogP contribution in [-0.4, -0.2) is 40.1 Å². The number of hydrogen-bond acceptors (Lipinski definition) is 3. The predicted octanol–water partition coefficient (Wildman–Crippen LogP) is 2.47. The van der Waals surface area contributed by atoms with Crippen molar-refractivity contribution in [3.8, 4) is 0 Å². The molecule has 1 amide bonds. The summed E-state index contributed by atoms with van der Waals surface area (Å²) >= 11 is 0. The maximum atomic E-state index is 12.7. The van der Waals surface area contributed by atoms with Crippen LogP contribution in [0.15, 0.2) is 36.5 Å². The number of nitrogens with zero attached hydrogens (tertiary/aromatic N) is 2. The lowest BCUT2D eigenvalue weighted by Crippen LogP contribution is -2.40. The molecule has 0 spiro atoms. The van der Waals surface area contributed by atoms with Crippen LogP contribution in [-0.2, 0) is 0 Å². The number of amides is 1. The fraction of sp³-hybridized carbons (Fsp3) is 0.412. The van der Waals surface area contributed by atoms with Crippen LogP contribution in [0, 0.1) is 5.92 Å².